The molecule has 0 bridgehead atoms. The smallest absolute Gasteiger partial charge is 0.252 e. The molecule has 2 aromatic carbocycles. The van der Waals surface area contributed by atoms with E-state index in [1.165, 1.54) is 11.6 Å². The van der Waals surface area contributed by atoms with Crippen molar-refractivity contribution in [1.82, 2.24) is 5.32 Å². The van der Waals surface area contributed by atoms with Crippen molar-refractivity contribution in [3.63, 3.8) is 0 Å². The second-order valence-electron chi connectivity index (χ2n) is 5.32. The molecule has 0 aromatic heterocycles. The van der Waals surface area contributed by atoms with Gasteiger partial charge in [-0.2, -0.15) is 0 Å². The number of rotatable bonds is 7. The molecule has 2 aromatic rings. The van der Waals surface area contributed by atoms with Gasteiger partial charge in [0.25, 0.3) is 5.91 Å². The number of hydrogen-bond donors (Lipinski definition) is 1. The first-order chi connectivity index (χ1) is 11.4. The van der Waals surface area contributed by atoms with Crippen molar-refractivity contribution < 1.29 is 13.2 Å². The van der Waals surface area contributed by atoms with Gasteiger partial charge < -0.3 is 5.32 Å². The molecule has 128 valence electrons. The predicted octanol–water partition coefficient (Wildman–Crippen LogP) is 3.31. The Hall–Kier alpha value is -1.79. The van der Waals surface area contributed by atoms with E-state index >= 15 is 0 Å². The van der Waals surface area contributed by atoms with Crippen LogP contribution in [0, 0.1) is 6.92 Å². The van der Waals surface area contributed by atoms with Crippen LogP contribution in [0.3, 0.4) is 0 Å². The summed E-state index contributed by atoms with van der Waals surface area (Å²) in [5.41, 5.74) is 1.42. The molecule has 6 heteroatoms. The van der Waals surface area contributed by atoms with Crippen LogP contribution in [-0.4, -0.2) is 32.4 Å². The lowest BCUT2D eigenvalue weighted by Gasteiger charge is -2.10. The van der Waals surface area contributed by atoms with E-state index in [2.05, 4.69) is 5.32 Å². The van der Waals surface area contributed by atoms with Gasteiger partial charge in [-0.15, -0.1) is 11.8 Å². The lowest BCUT2D eigenvalue weighted by Crippen LogP contribution is -2.27. The van der Waals surface area contributed by atoms with Crippen molar-refractivity contribution in [1.29, 1.82) is 0 Å². The topological polar surface area (TPSA) is 63.2 Å². The van der Waals surface area contributed by atoms with Crippen molar-refractivity contribution in [2.24, 2.45) is 0 Å². The molecule has 2 rings (SSSR count). The zero-order chi connectivity index (χ0) is 17.6. The summed E-state index contributed by atoms with van der Waals surface area (Å²) in [7, 11) is -3.42. The molecule has 1 N–H and O–H groups in total. The van der Waals surface area contributed by atoms with E-state index in [1.807, 2.05) is 31.2 Å². The zero-order valence-electron chi connectivity index (χ0n) is 13.8. The molecule has 0 saturated carbocycles. The third kappa shape index (κ3) is 4.85. The van der Waals surface area contributed by atoms with Crippen molar-refractivity contribution in [3.05, 3.63) is 59.7 Å². The van der Waals surface area contributed by atoms with E-state index in [0.29, 0.717) is 6.54 Å². The molecular formula is C18H21NO3S2. The highest BCUT2D eigenvalue weighted by molar-refractivity contribution is 7.99. The summed E-state index contributed by atoms with van der Waals surface area (Å²) in [6.07, 6.45) is 0. The maximum atomic E-state index is 12.3. The van der Waals surface area contributed by atoms with Gasteiger partial charge in [0.15, 0.2) is 9.84 Å². The monoisotopic (exact) mass is 363 g/mol. The Kier molecular flexibility index (Phi) is 6.45. The molecular weight excluding hydrogens is 342 g/mol. The first-order valence-corrected chi connectivity index (χ1v) is 10.4. The molecule has 4 nitrogen and oxygen atoms in total. The second kappa shape index (κ2) is 8.35. The van der Waals surface area contributed by atoms with E-state index in [4.69, 9.17) is 0 Å². The fourth-order valence-corrected chi connectivity index (χ4v) is 4.01. The minimum absolute atomic E-state index is 0.0272. The maximum absolute atomic E-state index is 12.3. The number of nitrogens with one attached hydrogen (secondary N) is 1. The van der Waals surface area contributed by atoms with Gasteiger partial charge in [0, 0.05) is 17.2 Å². The highest BCUT2D eigenvalue weighted by atomic mass is 32.2. The molecule has 0 unspecified atom stereocenters. The summed E-state index contributed by atoms with van der Waals surface area (Å²) < 4.78 is 24.2. The Morgan fingerprint density at radius 2 is 1.75 bits per heavy atom. The molecule has 0 heterocycles. The largest absolute Gasteiger partial charge is 0.351 e. The number of carbonyl (C=O) groups is 1. The Morgan fingerprint density at radius 3 is 2.42 bits per heavy atom. The molecule has 0 aliphatic rings. The molecule has 0 aliphatic heterocycles. The Morgan fingerprint density at radius 1 is 1.08 bits per heavy atom. The standard InChI is InChI=1S/C18H21NO3S2/c1-3-24(21,22)17-7-5-4-6-16(17)18(20)19-12-13-23-15-10-8-14(2)9-11-15/h4-11H,3,12-13H2,1-2H3,(H,19,20). The Balaban J connectivity index is 1.95. The van der Waals surface area contributed by atoms with Gasteiger partial charge >= 0.3 is 0 Å². The highest BCUT2D eigenvalue weighted by Crippen LogP contribution is 2.19. The number of benzene rings is 2. The summed E-state index contributed by atoms with van der Waals surface area (Å²) >= 11 is 1.65. The van der Waals surface area contributed by atoms with E-state index in [1.54, 1.807) is 36.9 Å². The van der Waals surface area contributed by atoms with Crippen LogP contribution in [0.25, 0.3) is 0 Å². The quantitative estimate of drug-likeness (QED) is 0.605. The fourth-order valence-electron chi connectivity index (χ4n) is 2.14. The maximum Gasteiger partial charge on any atom is 0.252 e. The molecule has 0 atom stereocenters. The number of amides is 1. The van der Waals surface area contributed by atoms with Crippen LogP contribution in [0.1, 0.15) is 22.8 Å². The number of hydrogen-bond acceptors (Lipinski definition) is 4. The van der Waals surface area contributed by atoms with Crippen LogP contribution in [-0.2, 0) is 9.84 Å². The van der Waals surface area contributed by atoms with Crippen molar-refractivity contribution in [3.8, 4) is 0 Å². The van der Waals surface area contributed by atoms with Gasteiger partial charge in [0.2, 0.25) is 0 Å². The van der Waals surface area contributed by atoms with Crippen LogP contribution in [0.15, 0.2) is 58.3 Å². The summed E-state index contributed by atoms with van der Waals surface area (Å²) in [4.78, 5) is 13.5. The van der Waals surface area contributed by atoms with Crippen molar-refractivity contribution in [2.45, 2.75) is 23.6 Å². The van der Waals surface area contributed by atoms with Gasteiger partial charge in [0.05, 0.1) is 16.2 Å². The second-order valence-corrected chi connectivity index (χ2v) is 8.73. The SMILES string of the molecule is CCS(=O)(=O)c1ccccc1C(=O)NCCSc1ccc(C)cc1. The number of carbonyl (C=O) groups excluding carboxylic acids is 1. The fraction of sp³-hybridized carbons (Fsp3) is 0.278. The lowest BCUT2D eigenvalue weighted by molar-refractivity contribution is 0.0953. The third-order valence-electron chi connectivity index (χ3n) is 3.52. The van der Waals surface area contributed by atoms with Gasteiger partial charge in [-0.1, -0.05) is 36.8 Å². The molecule has 0 spiro atoms. The molecule has 24 heavy (non-hydrogen) atoms. The summed E-state index contributed by atoms with van der Waals surface area (Å²) in [5, 5.41) is 2.79. The minimum Gasteiger partial charge on any atom is -0.351 e. The molecule has 0 saturated heterocycles. The van der Waals surface area contributed by atoms with Crippen LogP contribution < -0.4 is 5.32 Å². The molecule has 0 aliphatic carbocycles. The molecule has 0 fully saturated rings. The van der Waals surface area contributed by atoms with Crippen LogP contribution in [0.2, 0.25) is 0 Å². The molecule has 0 radical (unpaired) electrons. The van der Waals surface area contributed by atoms with Crippen LogP contribution >= 0.6 is 11.8 Å². The Bertz CT molecular complexity index is 799. The normalized spacial score (nSPS) is 11.2. The van der Waals surface area contributed by atoms with Crippen LogP contribution in [0.4, 0.5) is 0 Å². The van der Waals surface area contributed by atoms with Crippen molar-refractivity contribution in [2.75, 3.05) is 18.1 Å². The first kappa shape index (κ1) is 18.5. The van der Waals surface area contributed by atoms with Crippen molar-refractivity contribution >= 4 is 27.5 Å². The van der Waals surface area contributed by atoms with E-state index in [0.717, 1.165) is 10.6 Å². The summed E-state index contributed by atoms with van der Waals surface area (Å²) in [6, 6.07) is 14.5. The van der Waals surface area contributed by atoms with Gasteiger partial charge in [-0.3, -0.25) is 4.79 Å². The van der Waals surface area contributed by atoms with Gasteiger partial charge in [0.1, 0.15) is 0 Å². The molecule has 1 amide bonds. The predicted molar refractivity (Wildman–Crippen MR) is 98.4 cm³/mol. The van der Waals surface area contributed by atoms with Crippen LogP contribution in [0.5, 0.6) is 0 Å². The van der Waals surface area contributed by atoms with Gasteiger partial charge in [-0.25, -0.2) is 8.42 Å². The van der Waals surface area contributed by atoms with E-state index < -0.39 is 9.84 Å². The average molecular weight is 364 g/mol. The third-order valence-corrected chi connectivity index (χ3v) is 6.32. The first-order valence-electron chi connectivity index (χ1n) is 7.73. The van der Waals surface area contributed by atoms with Gasteiger partial charge in [-0.05, 0) is 31.2 Å². The number of sulfone groups is 1. The lowest BCUT2D eigenvalue weighted by atomic mass is 10.2. The number of aryl methyl sites for hydroxylation is 1. The average Bonchev–Trinajstić information content (AvgIpc) is 2.60. The van der Waals surface area contributed by atoms with E-state index in [9.17, 15) is 13.2 Å². The summed E-state index contributed by atoms with van der Waals surface area (Å²) in [6.45, 7) is 4.08. The Labute approximate surface area is 147 Å². The number of thioether (sulfide) groups is 1. The highest BCUT2D eigenvalue weighted by Gasteiger charge is 2.20. The van der Waals surface area contributed by atoms with E-state index in [-0.39, 0.29) is 22.1 Å². The minimum atomic E-state index is -3.42. The summed E-state index contributed by atoms with van der Waals surface area (Å²) in [5.74, 6) is 0.338. The zero-order valence-corrected chi connectivity index (χ0v) is 15.4.